The van der Waals surface area contributed by atoms with Crippen molar-refractivity contribution in [2.45, 2.75) is 6.42 Å². The highest BCUT2D eigenvalue weighted by atomic mass is 19.1. The average Bonchev–Trinajstić information content (AvgIpc) is 2.69. The van der Waals surface area contributed by atoms with Gasteiger partial charge < -0.3 is 14.5 Å². The maximum absolute atomic E-state index is 13.0. The van der Waals surface area contributed by atoms with Gasteiger partial charge in [-0.3, -0.25) is 9.78 Å². The molecule has 0 radical (unpaired) electrons. The van der Waals surface area contributed by atoms with E-state index in [1.54, 1.807) is 12.1 Å². The predicted molar refractivity (Wildman–Crippen MR) is 116 cm³/mol. The summed E-state index contributed by atoms with van der Waals surface area (Å²) in [5, 5.41) is 2.95. The Hall–Kier alpha value is -3.25. The number of hydrogen-bond acceptors (Lipinski definition) is 3. The van der Waals surface area contributed by atoms with Gasteiger partial charge in [0.2, 0.25) is 5.91 Å². The second-order valence-electron chi connectivity index (χ2n) is 8.14. The van der Waals surface area contributed by atoms with Crippen LogP contribution in [0.4, 0.5) is 4.39 Å². The quantitative estimate of drug-likeness (QED) is 0.572. The van der Waals surface area contributed by atoms with Crippen LogP contribution in [0, 0.1) is 5.82 Å². The number of halogens is 1. The lowest BCUT2D eigenvalue weighted by atomic mass is 10.1. The SMILES string of the molecule is C[N+](C)(C)CCNC(=O)Cc1cccc(-c2ccc(Oc3ccc(F)cc3)cc2)n1. The van der Waals surface area contributed by atoms with Gasteiger partial charge >= 0.3 is 0 Å². The highest BCUT2D eigenvalue weighted by Crippen LogP contribution is 2.25. The Morgan fingerprint density at radius 2 is 1.60 bits per heavy atom. The van der Waals surface area contributed by atoms with E-state index in [1.165, 1.54) is 12.1 Å². The first-order chi connectivity index (χ1) is 14.3. The summed E-state index contributed by atoms with van der Waals surface area (Å²) >= 11 is 0. The van der Waals surface area contributed by atoms with Gasteiger partial charge in [-0.25, -0.2) is 4.39 Å². The molecule has 1 N–H and O–H groups in total. The lowest BCUT2D eigenvalue weighted by molar-refractivity contribution is -0.869. The normalized spacial score (nSPS) is 11.2. The van der Waals surface area contributed by atoms with Crippen molar-refractivity contribution in [1.29, 1.82) is 0 Å². The first-order valence-electron chi connectivity index (χ1n) is 9.85. The molecule has 3 rings (SSSR count). The zero-order valence-electron chi connectivity index (χ0n) is 17.6. The van der Waals surface area contributed by atoms with Crippen molar-refractivity contribution < 1.29 is 18.4 Å². The fourth-order valence-electron chi connectivity index (χ4n) is 2.83. The molecule has 0 unspecified atom stereocenters. The number of nitrogens with zero attached hydrogens (tertiary/aromatic N) is 2. The molecule has 1 amide bonds. The third-order valence-electron chi connectivity index (χ3n) is 4.45. The van der Waals surface area contributed by atoms with Crippen molar-refractivity contribution in [3.8, 4) is 22.8 Å². The van der Waals surface area contributed by atoms with Crippen molar-refractivity contribution in [2.75, 3.05) is 34.2 Å². The van der Waals surface area contributed by atoms with Crippen molar-refractivity contribution in [3.63, 3.8) is 0 Å². The van der Waals surface area contributed by atoms with Crippen LogP contribution in [-0.4, -0.2) is 49.6 Å². The number of aromatic nitrogens is 1. The average molecular weight is 408 g/mol. The van der Waals surface area contributed by atoms with E-state index in [9.17, 15) is 9.18 Å². The lowest BCUT2D eigenvalue weighted by Gasteiger charge is -2.23. The smallest absolute Gasteiger partial charge is 0.226 e. The third-order valence-corrected chi connectivity index (χ3v) is 4.45. The molecule has 30 heavy (non-hydrogen) atoms. The molecular weight excluding hydrogens is 381 g/mol. The number of hydrogen-bond donors (Lipinski definition) is 1. The number of nitrogens with one attached hydrogen (secondary N) is 1. The van der Waals surface area contributed by atoms with E-state index in [0.29, 0.717) is 18.0 Å². The number of likely N-dealkylation sites (N-methyl/N-ethyl adjacent to an activating group) is 1. The summed E-state index contributed by atoms with van der Waals surface area (Å²) in [7, 11) is 6.27. The maximum Gasteiger partial charge on any atom is 0.226 e. The van der Waals surface area contributed by atoms with Crippen LogP contribution in [0.2, 0.25) is 0 Å². The molecular formula is C24H27FN3O2+. The Balaban J connectivity index is 1.61. The molecule has 1 aromatic heterocycles. The lowest BCUT2D eigenvalue weighted by Crippen LogP contribution is -2.42. The summed E-state index contributed by atoms with van der Waals surface area (Å²) in [4.78, 5) is 16.8. The topological polar surface area (TPSA) is 51.2 Å². The van der Waals surface area contributed by atoms with E-state index < -0.39 is 0 Å². The summed E-state index contributed by atoms with van der Waals surface area (Å²) < 4.78 is 19.5. The Morgan fingerprint density at radius 3 is 2.23 bits per heavy atom. The van der Waals surface area contributed by atoms with E-state index in [1.807, 2.05) is 42.5 Å². The van der Waals surface area contributed by atoms with E-state index in [4.69, 9.17) is 4.74 Å². The molecule has 0 spiro atoms. The predicted octanol–water partition coefficient (Wildman–Crippen LogP) is 4.04. The molecule has 0 saturated carbocycles. The van der Waals surface area contributed by atoms with E-state index in [2.05, 4.69) is 31.4 Å². The molecule has 156 valence electrons. The van der Waals surface area contributed by atoms with E-state index in [0.717, 1.165) is 28.0 Å². The fourth-order valence-corrected chi connectivity index (χ4v) is 2.83. The number of carbonyl (C=O) groups excluding carboxylic acids is 1. The zero-order chi connectivity index (χ0) is 21.6. The van der Waals surface area contributed by atoms with Crippen LogP contribution in [0.25, 0.3) is 11.3 Å². The van der Waals surface area contributed by atoms with Gasteiger partial charge in [0.1, 0.15) is 17.3 Å². The van der Waals surface area contributed by atoms with Crippen molar-refractivity contribution >= 4 is 5.91 Å². The summed E-state index contributed by atoms with van der Waals surface area (Å²) in [5.74, 6) is 0.889. The van der Waals surface area contributed by atoms with Gasteiger partial charge in [-0.05, 0) is 60.7 Å². The molecule has 5 nitrogen and oxygen atoms in total. The van der Waals surface area contributed by atoms with Crippen molar-refractivity contribution in [1.82, 2.24) is 10.3 Å². The minimum Gasteiger partial charge on any atom is -0.457 e. The number of carbonyl (C=O) groups is 1. The minimum absolute atomic E-state index is 0.0313. The van der Waals surface area contributed by atoms with Gasteiger partial charge in [0.25, 0.3) is 0 Å². The second-order valence-corrected chi connectivity index (χ2v) is 8.14. The molecule has 0 aliphatic heterocycles. The number of pyridine rings is 1. The van der Waals surface area contributed by atoms with Crippen LogP contribution >= 0.6 is 0 Å². The van der Waals surface area contributed by atoms with E-state index in [-0.39, 0.29) is 18.1 Å². The van der Waals surface area contributed by atoms with Gasteiger partial charge in [0.05, 0.1) is 52.0 Å². The molecule has 0 atom stereocenters. The Bertz CT molecular complexity index is 981. The monoisotopic (exact) mass is 408 g/mol. The van der Waals surface area contributed by atoms with Crippen molar-refractivity contribution in [3.05, 3.63) is 78.2 Å². The van der Waals surface area contributed by atoms with E-state index >= 15 is 0 Å². The van der Waals surface area contributed by atoms with Crippen LogP contribution in [0.5, 0.6) is 11.5 Å². The van der Waals surface area contributed by atoms with Gasteiger partial charge in [-0.15, -0.1) is 0 Å². The number of ether oxygens (including phenoxy) is 1. The Labute approximate surface area is 176 Å². The third kappa shape index (κ3) is 6.67. The van der Waals surface area contributed by atoms with Crippen LogP contribution in [0.3, 0.4) is 0 Å². The zero-order valence-corrected chi connectivity index (χ0v) is 17.6. The molecule has 1 heterocycles. The number of benzene rings is 2. The number of amides is 1. The first kappa shape index (κ1) is 21.5. The van der Waals surface area contributed by atoms with Crippen LogP contribution in [0.15, 0.2) is 66.7 Å². The second kappa shape index (κ2) is 9.50. The fraction of sp³-hybridized carbons (Fsp3) is 0.250. The number of quaternary nitrogens is 1. The van der Waals surface area contributed by atoms with Crippen LogP contribution < -0.4 is 10.1 Å². The highest BCUT2D eigenvalue weighted by molar-refractivity contribution is 5.78. The van der Waals surface area contributed by atoms with Gasteiger partial charge in [0, 0.05) is 5.56 Å². The first-order valence-corrected chi connectivity index (χ1v) is 9.85. The molecule has 3 aromatic rings. The summed E-state index contributed by atoms with van der Waals surface area (Å²) in [5.41, 5.74) is 2.44. The molecule has 6 heteroatoms. The summed E-state index contributed by atoms with van der Waals surface area (Å²) in [6.07, 6.45) is 0.247. The molecule has 0 aliphatic carbocycles. The Kier molecular flexibility index (Phi) is 6.79. The van der Waals surface area contributed by atoms with Crippen LogP contribution in [0.1, 0.15) is 5.69 Å². The molecule has 0 bridgehead atoms. The molecule has 2 aromatic carbocycles. The minimum atomic E-state index is -0.300. The van der Waals surface area contributed by atoms with Gasteiger partial charge in [-0.1, -0.05) is 6.07 Å². The van der Waals surface area contributed by atoms with Gasteiger partial charge in [-0.2, -0.15) is 0 Å². The number of rotatable bonds is 8. The highest BCUT2D eigenvalue weighted by Gasteiger charge is 2.10. The Morgan fingerprint density at radius 1 is 0.967 bits per heavy atom. The molecule has 0 aliphatic rings. The largest absolute Gasteiger partial charge is 0.457 e. The standard InChI is InChI=1S/C24H26FN3O2/c1-28(2,3)16-15-26-24(29)17-20-5-4-6-23(27-20)18-7-11-21(12-8-18)30-22-13-9-19(25)10-14-22/h4-14H,15-17H2,1-3H3/p+1. The maximum atomic E-state index is 13.0. The molecule has 0 fully saturated rings. The summed E-state index contributed by atoms with van der Waals surface area (Å²) in [6, 6.07) is 19.0. The molecule has 0 saturated heterocycles. The van der Waals surface area contributed by atoms with Crippen LogP contribution in [-0.2, 0) is 11.2 Å². The van der Waals surface area contributed by atoms with Crippen molar-refractivity contribution in [2.24, 2.45) is 0 Å². The summed E-state index contributed by atoms with van der Waals surface area (Å²) in [6.45, 7) is 1.50. The van der Waals surface area contributed by atoms with Gasteiger partial charge in [0.15, 0.2) is 0 Å².